The summed E-state index contributed by atoms with van der Waals surface area (Å²) < 4.78 is 4.90. The van der Waals surface area contributed by atoms with Gasteiger partial charge in [0, 0.05) is 11.0 Å². The van der Waals surface area contributed by atoms with Gasteiger partial charge in [-0.1, -0.05) is 50.3 Å². The first kappa shape index (κ1) is 26.4. The summed E-state index contributed by atoms with van der Waals surface area (Å²) in [4.78, 5) is 11.8. The van der Waals surface area contributed by atoms with Crippen LogP contribution in [0.15, 0.2) is 48.1 Å². The van der Waals surface area contributed by atoms with Crippen molar-refractivity contribution in [2.75, 3.05) is 13.2 Å². The largest absolute Gasteiger partial charge is 0.508 e. The fraction of sp³-hybridized carbons (Fsp3) is 0.593. The van der Waals surface area contributed by atoms with Crippen LogP contribution in [-0.2, 0) is 16.1 Å². The van der Waals surface area contributed by atoms with E-state index in [1.807, 2.05) is 13.0 Å². The number of hydrogen-bond acceptors (Lipinski definition) is 7. The highest BCUT2D eigenvalue weighted by atomic mass is 16.6. The highest BCUT2D eigenvalue weighted by Gasteiger charge is 2.57. The maximum absolute atomic E-state index is 11.8. The van der Waals surface area contributed by atoms with Crippen LogP contribution in [-0.4, -0.2) is 56.9 Å². The molecule has 0 unspecified atom stereocenters. The van der Waals surface area contributed by atoms with E-state index in [0.29, 0.717) is 24.0 Å². The minimum Gasteiger partial charge on any atom is -0.508 e. The molecule has 0 bridgehead atoms. The lowest BCUT2D eigenvalue weighted by Gasteiger charge is -2.59. The molecule has 7 heteroatoms. The molecule has 1 aliphatic heterocycles. The van der Waals surface area contributed by atoms with Crippen LogP contribution >= 0.6 is 0 Å². The van der Waals surface area contributed by atoms with Gasteiger partial charge >= 0.3 is 5.97 Å². The van der Waals surface area contributed by atoms with Crippen molar-refractivity contribution < 1.29 is 35.1 Å². The Morgan fingerprint density at radius 3 is 2.44 bits per heavy atom. The fourth-order valence-electron chi connectivity index (χ4n) is 6.21. The Balaban J connectivity index is 0.000000302. The molecular weight excluding hydrogens is 436 g/mol. The first-order chi connectivity index (χ1) is 16.1. The summed E-state index contributed by atoms with van der Waals surface area (Å²) in [5.41, 5.74) is 1.48. The molecule has 0 spiro atoms. The molecule has 3 aliphatic rings. The number of phenols is 1. The van der Waals surface area contributed by atoms with Crippen LogP contribution in [0, 0.1) is 22.7 Å². The molecule has 6 atom stereocenters. The zero-order valence-electron chi connectivity index (χ0n) is 20.1. The molecule has 0 aromatic heterocycles. The smallest absolute Gasteiger partial charge is 0.336 e. The van der Waals surface area contributed by atoms with Gasteiger partial charge in [-0.3, -0.25) is 0 Å². The van der Waals surface area contributed by atoms with Crippen LogP contribution in [0.1, 0.15) is 51.5 Å². The monoisotopic (exact) mass is 474 g/mol. The fourth-order valence-corrected chi connectivity index (χ4v) is 6.21. The number of fused-ring (bicyclic) bond motifs is 1. The number of aliphatic hydroxyl groups is 4. The lowest BCUT2D eigenvalue weighted by atomic mass is 9.46. The number of hydrogen-bond donors (Lipinski definition) is 5. The summed E-state index contributed by atoms with van der Waals surface area (Å²) in [6.45, 7) is 8.39. The van der Waals surface area contributed by atoms with E-state index in [1.54, 1.807) is 24.3 Å². The molecular formula is C27H38O7. The maximum atomic E-state index is 11.8. The first-order valence-corrected chi connectivity index (χ1v) is 12.0. The molecule has 0 radical (unpaired) electrons. The Hall–Kier alpha value is -2.19. The van der Waals surface area contributed by atoms with E-state index in [0.717, 1.165) is 24.8 Å². The number of allylic oxidation sites excluding steroid dienone is 2. The molecule has 0 amide bonds. The number of benzene rings is 1. The van der Waals surface area contributed by atoms with Gasteiger partial charge in [0.15, 0.2) is 0 Å². The zero-order valence-corrected chi connectivity index (χ0v) is 20.1. The van der Waals surface area contributed by atoms with E-state index in [2.05, 4.69) is 13.5 Å². The summed E-state index contributed by atoms with van der Waals surface area (Å²) in [5, 5.41) is 47.9. The number of para-hydroxylation sites is 1. The highest BCUT2D eigenvalue weighted by Crippen LogP contribution is 2.61. The first-order valence-electron chi connectivity index (χ1n) is 12.0. The van der Waals surface area contributed by atoms with Crippen LogP contribution in [0.25, 0.3) is 0 Å². The third kappa shape index (κ3) is 4.93. The van der Waals surface area contributed by atoms with Gasteiger partial charge in [-0.25, -0.2) is 4.79 Å². The molecule has 34 heavy (non-hydrogen) atoms. The summed E-state index contributed by atoms with van der Waals surface area (Å²) >= 11 is 0. The normalized spacial score (nSPS) is 36.5. The van der Waals surface area contributed by atoms with Gasteiger partial charge < -0.3 is 30.3 Å². The Bertz CT molecular complexity index is 925. The number of carbonyl (C=O) groups is 1. The van der Waals surface area contributed by atoms with Gasteiger partial charge in [0.2, 0.25) is 0 Å². The summed E-state index contributed by atoms with van der Waals surface area (Å²) in [6, 6.07) is 6.71. The predicted octanol–water partition coefficient (Wildman–Crippen LogP) is 2.85. The third-order valence-electron chi connectivity index (χ3n) is 8.40. The van der Waals surface area contributed by atoms with Gasteiger partial charge in [-0.15, -0.1) is 0 Å². The van der Waals surface area contributed by atoms with Crippen molar-refractivity contribution in [2.24, 2.45) is 22.7 Å². The minimum absolute atomic E-state index is 0.0280. The van der Waals surface area contributed by atoms with Crippen LogP contribution in [0.3, 0.4) is 0 Å². The molecule has 7 nitrogen and oxygen atoms in total. The number of aliphatic hydroxyl groups excluding tert-OH is 4. The summed E-state index contributed by atoms with van der Waals surface area (Å²) in [5.74, 6) is 0.0794. The SMILES string of the molecule is C=C1CC[C@@H]2[C@](C)(CO)[C@H](O)CC[C@@]2(C)[C@@H]1C/C=C1/C(=O)OC[C@H]1O.OCc1ccccc1O. The second-order valence-corrected chi connectivity index (χ2v) is 10.3. The second-order valence-electron chi connectivity index (χ2n) is 10.3. The predicted molar refractivity (Wildman–Crippen MR) is 128 cm³/mol. The van der Waals surface area contributed by atoms with Crippen molar-refractivity contribution in [2.45, 2.75) is 64.8 Å². The van der Waals surface area contributed by atoms with Gasteiger partial charge in [0.1, 0.15) is 18.5 Å². The molecule has 2 aliphatic carbocycles. The Kier molecular flexibility index (Phi) is 8.24. The minimum atomic E-state index is -0.844. The number of esters is 1. The quantitative estimate of drug-likeness (QED) is 0.258. The van der Waals surface area contributed by atoms with E-state index >= 15 is 0 Å². The number of carbonyl (C=O) groups excluding carboxylic acids is 1. The van der Waals surface area contributed by atoms with Crippen molar-refractivity contribution in [3.05, 3.63) is 53.6 Å². The molecule has 4 rings (SSSR count). The summed E-state index contributed by atoms with van der Waals surface area (Å²) in [7, 11) is 0. The van der Waals surface area contributed by atoms with Gasteiger partial charge in [0.25, 0.3) is 0 Å². The standard InChI is InChI=1S/C20H30O5.C7H8O2/c1-12-4-7-16-19(2,9-8-17(23)20(16,3)11-21)14(12)6-5-13-15(22)10-25-18(13)24;8-5-6-3-1-2-4-7(6)9/h5,14-17,21-23H,1,4,6-11H2,2-3H3;1-4,8-9H,5H2/b13-5+;/t14-,15-,16+,17-,19+,20+;/m1./s1. The van der Waals surface area contributed by atoms with Crippen molar-refractivity contribution in [3.63, 3.8) is 0 Å². The number of cyclic esters (lactones) is 1. The molecule has 3 fully saturated rings. The number of aromatic hydroxyl groups is 1. The van der Waals surface area contributed by atoms with Crippen LogP contribution in [0.5, 0.6) is 5.75 Å². The molecule has 1 heterocycles. The molecule has 1 aromatic rings. The van der Waals surface area contributed by atoms with E-state index in [1.165, 1.54) is 0 Å². The topological polar surface area (TPSA) is 127 Å². The Morgan fingerprint density at radius 2 is 1.88 bits per heavy atom. The van der Waals surface area contributed by atoms with Gasteiger partial charge in [-0.2, -0.15) is 0 Å². The van der Waals surface area contributed by atoms with Crippen LogP contribution in [0.4, 0.5) is 0 Å². The Morgan fingerprint density at radius 1 is 1.18 bits per heavy atom. The van der Waals surface area contributed by atoms with Crippen LogP contribution < -0.4 is 0 Å². The lowest BCUT2D eigenvalue weighted by molar-refractivity contribution is -0.151. The number of rotatable bonds is 4. The van der Waals surface area contributed by atoms with Crippen molar-refractivity contribution in [1.29, 1.82) is 0 Å². The average molecular weight is 475 g/mol. The maximum Gasteiger partial charge on any atom is 0.336 e. The molecule has 1 saturated heterocycles. The summed E-state index contributed by atoms with van der Waals surface area (Å²) in [6.07, 6.45) is 4.42. The van der Waals surface area contributed by atoms with Gasteiger partial charge in [-0.05, 0) is 55.4 Å². The number of ether oxygens (including phenoxy) is 1. The van der Waals surface area contributed by atoms with E-state index < -0.39 is 23.6 Å². The zero-order chi connectivity index (χ0) is 25.1. The van der Waals surface area contributed by atoms with Crippen molar-refractivity contribution in [3.8, 4) is 5.75 Å². The second kappa shape index (κ2) is 10.6. The van der Waals surface area contributed by atoms with E-state index in [4.69, 9.17) is 14.9 Å². The van der Waals surface area contributed by atoms with E-state index in [-0.39, 0.29) is 42.8 Å². The average Bonchev–Trinajstić information content (AvgIpc) is 3.14. The van der Waals surface area contributed by atoms with Crippen molar-refractivity contribution >= 4 is 5.97 Å². The molecule has 1 aromatic carbocycles. The van der Waals surface area contributed by atoms with Crippen LogP contribution in [0.2, 0.25) is 0 Å². The molecule has 2 saturated carbocycles. The van der Waals surface area contributed by atoms with Gasteiger partial charge in [0.05, 0.1) is 24.9 Å². The molecule has 188 valence electrons. The molecule has 5 N–H and O–H groups in total. The van der Waals surface area contributed by atoms with E-state index in [9.17, 15) is 20.1 Å². The highest BCUT2D eigenvalue weighted by molar-refractivity contribution is 5.91. The lowest BCUT2D eigenvalue weighted by Crippen LogP contribution is -2.57. The van der Waals surface area contributed by atoms with Crippen molar-refractivity contribution in [1.82, 2.24) is 0 Å². The Labute approximate surface area is 201 Å². The third-order valence-corrected chi connectivity index (χ3v) is 8.40.